The Kier molecular flexibility index (Phi) is 13.7. The molecule has 4 heterocycles. The van der Waals surface area contributed by atoms with E-state index in [1.54, 1.807) is 31.3 Å². The van der Waals surface area contributed by atoms with Crippen molar-refractivity contribution in [3.63, 3.8) is 0 Å². The lowest BCUT2D eigenvalue weighted by atomic mass is 10.0. The van der Waals surface area contributed by atoms with E-state index >= 15 is 0 Å². The summed E-state index contributed by atoms with van der Waals surface area (Å²) in [7, 11) is 5.66. The first-order valence-electron chi connectivity index (χ1n) is 20.7. The van der Waals surface area contributed by atoms with Gasteiger partial charge in [0.15, 0.2) is 0 Å². The van der Waals surface area contributed by atoms with Crippen molar-refractivity contribution in [1.29, 1.82) is 0 Å². The van der Waals surface area contributed by atoms with Crippen LogP contribution in [0.3, 0.4) is 0 Å². The topological polar surface area (TPSA) is 193 Å². The molecule has 4 N–H and O–H groups in total. The molecule has 326 valence electrons. The number of ether oxygens (including phenoxy) is 4. The van der Waals surface area contributed by atoms with E-state index in [1.165, 1.54) is 21.3 Å². The van der Waals surface area contributed by atoms with Crippen LogP contribution >= 0.6 is 0 Å². The van der Waals surface area contributed by atoms with E-state index in [0.29, 0.717) is 36.8 Å². The van der Waals surface area contributed by atoms with Crippen LogP contribution in [0.2, 0.25) is 0 Å². The fourth-order valence-electron chi connectivity index (χ4n) is 8.54. The molecule has 16 heteroatoms. The molecule has 2 saturated heterocycles. The lowest BCUT2D eigenvalue weighted by Crippen LogP contribution is -2.54. The molecule has 0 unspecified atom stereocenters. The molecule has 5 aromatic rings. The number of imidazole rings is 2. The van der Waals surface area contributed by atoms with Crippen LogP contribution in [0, 0.1) is 5.92 Å². The first-order chi connectivity index (χ1) is 30.0. The number of hydrogen-bond acceptors (Lipinski definition) is 10. The second-order valence-electron chi connectivity index (χ2n) is 15.8. The average Bonchev–Trinajstić information content (AvgIpc) is 4.14. The number of benzene rings is 3. The lowest BCUT2D eigenvalue weighted by molar-refractivity contribution is -0.138. The van der Waals surface area contributed by atoms with E-state index in [-0.39, 0.29) is 35.9 Å². The van der Waals surface area contributed by atoms with Crippen LogP contribution < -0.4 is 10.6 Å². The van der Waals surface area contributed by atoms with Gasteiger partial charge in [-0.1, -0.05) is 78.9 Å². The minimum atomic E-state index is -0.953. The number of rotatable bonds is 14. The molecule has 2 fully saturated rings. The third-order valence-electron chi connectivity index (χ3n) is 11.9. The van der Waals surface area contributed by atoms with Gasteiger partial charge in [-0.05, 0) is 60.9 Å². The van der Waals surface area contributed by atoms with Gasteiger partial charge >= 0.3 is 12.2 Å². The van der Waals surface area contributed by atoms with Crippen molar-refractivity contribution in [3.8, 4) is 33.6 Å². The molecule has 4 amide bonds. The van der Waals surface area contributed by atoms with Crippen LogP contribution in [0.15, 0.2) is 91.3 Å². The number of hydrogen-bond donors (Lipinski definition) is 4. The van der Waals surface area contributed by atoms with Gasteiger partial charge in [0.25, 0.3) is 5.91 Å². The summed E-state index contributed by atoms with van der Waals surface area (Å²) in [6, 6.07) is 23.0. The molecule has 2 aromatic heterocycles. The maximum Gasteiger partial charge on any atom is 0.407 e. The number of aromatic amines is 2. The summed E-state index contributed by atoms with van der Waals surface area (Å²) < 4.78 is 20.5. The average molecular weight is 847 g/mol. The van der Waals surface area contributed by atoms with Crippen LogP contribution in [-0.2, 0) is 28.5 Å². The number of likely N-dealkylation sites (tertiary alicyclic amines) is 2. The summed E-state index contributed by atoms with van der Waals surface area (Å²) >= 11 is 0. The largest absolute Gasteiger partial charge is 0.453 e. The van der Waals surface area contributed by atoms with Gasteiger partial charge in [-0.25, -0.2) is 19.6 Å². The predicted molar refractivity (Wildman–Crippen MR) is 230 cm³/mol. The standard InChI is InChI=1S/C46H54N8O8/c1-27-12-21-37(54(27)44(56)40(52-46(58)62-6)34-10-8-7-9-11-34)41-47-23-35(49-41)32-17-13-30(14-18-32)31-15-19-33(20-16-31)36-24-48-42(50-36)38-22-29(26-59-3)25-53(38)43(55)39(28(2)60-4)51-45(57)61-5/h7-11,13-20,23-24,27-29,37-40H,12,21-22,25-26H2,1-6H3,(H,47,49)(H,48,50)(H,51,57)(H,52,58)/t27-,28+,29-,37-,38-,39-,40+/m0/s1. The highest BCUT2D eigenvalue weighted by Gasteiger charge is 2.43. The second-order valence-corrected chi connectivity index (χ2v) is 15.8. The van der Waals surface area contributed by atoms with E-state index < -0.39 is 30.4 Å². The first-order valence-corrected chi connectivity index (χ1v) is 20.7. The Hall–Kier alpha value is -6.52. The Morgan fingerprint density at radius 3 is 1.82 bits per heavy atom. The van der Waals surface area contributed by atoms with Crippen molar-refractivity contribution in [2.75, 3.05) is 41.6 Å². The van der Waals surface area contributed by atoms with E-state index in [9.17, 15) is 19.2 Å². The first kappa shape index (κ1) is 43.6. The van der Waals surface area contributed by atoms with Gasteiger partial charge in [0, 0.05) is 32.7 Å². The number of nitrogens with zero attached hydrogens (tertiary/aromatic N) is 4. The number of aromatic nitrogens is 4. The summed E-state index contributed by atoms with van der Waals surface area (Å²) in [5.41, 5.74) is 6.24. The Balaban J connectivity index is 1.04. The highest BCUT2D eigenvalue weighted by Crippen LogP contribution is 2.39. The molecule has 16 nitrogen and oxygen atoms in total. The van der Waals surface area contributed by atoms with Crippen molar-refractivity contribution in [1.82, 2.24) is 40.4 Å². The fraction of sp³-hybridized carbons (Fsp3) is 0.391. The third-order valence-corrected chi connectivity index (χ3v) is 11.9. The van der Waals surface area contributed by atoms with Gasteiger partial charge in [-0.2, -0.15) is 0 Å². The fourth-order valence-corrected chi connectivity index (χ4v) is 8.54. The molecule has 3 aromatic carbocycles. The van der Waals surface area contributed by atoms with E-state index in [1.807, 2.05) is 66.4 Å². The Morgan fingerprint density at radius 1 is 0.726 bits per heavy atom. The summed E-state index contributed by atoms with van der Waals surface area (Å²) in [6.07, 6.45) is 3.73. The Labute approximate surface area is 360 Å². The highest BCUT2D eigenvalue weighted by molar-refractivity contribution is 5.88. The van der Waals surface area contributed by atoms with Crippen molar-refractivity contribution >= 4 is 24.0 Å². The van der Waals surface area contributed by atoms with Gasteiger partial charge in [0.1, 0.15) is 23.7 Å². The smallest absolute Gasteiger partial charge is 0.407 e. The molecule has 0 saturated carbocycles. The zero-order valence-electron chi connectivity index (χ0n) is 35.8. The number of amides is 4. The molecule has 0 bridgehead atoms. The summed E-state index contributed by atoms with van der Waals surface area (Å²) in [6.45, 7) is 4.65. The lowest BCUT2D eigenvalue weighted by Gasteiger charge is -2.31. The molecule has 2 aliphatic heterocycles. The van der Waals surface area contributed by atoms with Gasteiger partial charge in [0.05, 0.1) is 62.8 Å². The van der Waals surface area contributed by atoms with E-state index in [4.69, 9.17) is 28.9 Å². The number of H-pyrrole nitrogens is 2. The number of methoxy groups -OCH3 is 4. The second kappa shape index (κ2) is 19.5. The normalized spacial score (nSPS) is 20.0. The maximum atomic E-state index is 14.1. The number of carbonyl (C=O) groups is 4. The van der Waals surface area contributed by atoms with Crippen LogP contribution in [0.25, 0.3) is 33.6 Å². The van der Waals surface area contributed by atoms with E-state index in [0.717, 1.165) is 46.5 Å². The van der Waals surface area contributed by atoms with Gasteiger partial charge in [-0.15, -0.1) is 0 Å². The number of carbonyl (C=O) groups excluding carboxylic acids is 4. The molecule has 0 aliphatic carbocycles. The highest BCUT2D eigenvalue weighted by atomic mass is 16.5. The summed E-state index contributed by atoms with van der Waals surface area (Å²) in [5.74, 6) is 0.892. The zero-order valence-corrected chi connectivity index (χ0v) is 35.8. The quantitative estimate of drug-likeness (QED) is 0.0949. The zero-order chi connectivity index (χ0) is 43.9. The van der Waals surface area contributed by atoms with Crippen LogP contribution in [-0.4, -0.2) is 114 Å². The van der Waals surface area contributed by atoms with Crippen molar-refractivity contribution in [2.24, 2.45) is 5.92 Å². The van der Waals surface area contributed by atoms with Crippen LogP contribution in [0.5, 0.6) is 0 Å². The minimum absolute atomic E-state index is 0.0589. The Morgan fingerprint density at radius 2 is 1.27 bits per heavy atom. The predicted octanol–water partition coefficient (Wildman–Crippen LogP) is 6.58. The molecule has 2 aliphatic rings. The van der Waals surface area contributed by atoms with Crippen molar-refractivity contribution < 1.29 is 38.1 Å². The van der Waals surface area contributed by atoms with Crippen molar-refractivity contribution in [3.05, 3.63) is 108 Å². The van der Waals surface area contributed by atoms with Crippen LogP contribution in [0.4, 0.5) is 9.59 Å². The summed E-state index contributed by atoms with van der Waals surface area (Å²) in [5, 5.41) is 5.37. The summed E-state index contributed by atoms with van der Waals surface area (Å²) in [4.78, 5) is 72.5. The molecule has 62 heavy (non-hydrogen) atoms. The third kappa shape index (κ3) is 9.35. The molecule has 7 atom stereocenters. The number of nitrogens with one attached hydrogen (secondary N) is 4. The van der Waals surface area contributed by atoms with Gasteiger partial charge < -0.3 is 49.3 Å². The molecular weight excluding hydrogens is 793 g/mol. The molecular formula is C46H54N8O8. The molecule has 0 radical (unpaired) electrons. The van der Waals surface area contributed by atoms with Crippen LogP contribution in [0.1, 0.15) is 68.4 Å². The van der Waals surface area contributed by atoms with Crippen molar-refractivity contribution in [2.45, 2.75) is 69.4 Å². The SMILES string of the molecule is COC[C@H]1C[C@@H](c2ncc(-c3ccc(-c4ccc(-c5cnc([C@@H]6CC[C@H](C)N6C(=O)[C@H](NC(=O)OC)c6ccccc6)[nH]5)cc4)cc3)[nH]2)N(C(=O)[C@@H](NC(=O)OC)[C@@H](C)OC)C1. The van der Waals surface area contributed by atoms with Gasteiger partial charge in [0.2, 0.25) is 5.91 Å². The molecule has 7 rings (SSSR count). The monoisotopic (exact) mass is 846 g/mol. The van der Waals surface area contributed by atoms with Gasteiger partial charge in [-0.3, -0.25) is 9.59 Å². The van der Waals surface area contributed by atoms with E-state index in [2.05, 4.69) is 44.9 Å². The number of alkyl carbamates (subject to hydrolysis) is 2. The minimum Gasteiger partial charge on any atom is -0.453 e. The molecule has 0 spiro atoms. The maximum absolute atomic E-state index is 14.1. The Bertz CT molecular complexity index is 2310.